The number of hydrogen-bond donors (Lipinski definition) is 3. The highest BCUT2D eigenvalue weighted by Gasteiger charge is 2.23. The highest BCUT2D eigenvalue weighted by molar-refractivity contribution is 5.96. The van der Waals surface area contributed by atoms with Crippen LogP contribution in [0.3, 0.4) is 0 Å². The topological polar surface area (TPSA) is 99.8 Å². The first-order valence-electron chi connectivity index (χ1n) is 9.00. The maximum atomic E-state index is 11.9. The SMILES string of the molecule is CN=C(NCc1ccc(C(=O)NCC(N)=O)cc1)N1CC(C)CC(C)C1. The molecule has 0 bridgehead atoms. The average molecular weight is 359 g/mol. The molecule has 0 aromatic heterocycles. The summed E-state index contributed by atoms with van der Waals surface area (Å²) in [7, 11) is 1.80. The zero-order chi connectivity index (χ0) is 19.1. The van der Waals surface area contributed by atoms with Crippen LogP contribution in [0, 0.1) is 11.8 Å². The molecule has 26 heavy (non-hydrogen) atoms. The first kappa shape index (κ1) is 19.8. The molecule has 0 radical (unpaired) electrons. The lowest BCUT2D eigenvalue weighted by atomic mass is 9.92. The Bertz CT molecular complexity index is 646. The van der Waals surface area contributed by atoms with Crippen molar-refractivity contribution in [1.82, 2.24) is 15.5 Å². The van der Waals surface area contributed by atoms with Crippen LogP contribution in [0.2, 0.25) is 0 Å². The number of likely N-dealkylation sites (tertiary alicyclic amines) is 1. The smallest absolute Gasteiger partial charge is 0.251 e. The molecule has 4 N–H and O–H groups in total. The van der Waals surface area contributed by atoms with Crippen LogP contribution in [-0.4, -0.2) is 49.4 Å². The Labute approximate surface area is 155 Å². The van der Waals surface area contributed by atoms with Gasteiger partial charge in [0, 0.05) is 32.2 Å². The number of aliphatic imine (C=N–C) groups is 1. The van der Waals surface area contributed by atoms with E-state index in [1.165, 1.54) is 6.42 Å². The third-order valence-electron chi connectivity index (χ3n) is 4.47. The van der Waals surface area contributed by atoms with Gasteiger partial charge in [-0.25, -0.2) is 0 Å². The average Bonchev–Trinajstić information content (AvgIpc) is 2.60. The number of carbonyl (C=O) groups is 2. The van der Waals surface area contributed by atoms with E-state index in [1.54, 1.807) is 19.2 Å². The number of piperidine rings is 1. The minimum Gasteiger partial charge on any atom is -0.368 e. The van der Waals surface area contributed by atoms with Crippen LogP contribution >= 0.6 is 0 Å². The Kier molecular flexibility index (Phi) is 7.00. The molecule has 1 aliphatic heterocycles. The predicted molar refractivity (Wildman–Crippen MR) is 103 cm³/mol. The molecule has 1 aromatic rings. The Morgan fingerprint density at radius 1 is 1.15 bits per heavy atom. The van der Waals surface area contributed by atoms with Crippen LogP contribution in [0.15, 0.2) is 29.3 Å². The molecule has 0 aliphatic carbocycles. The number of nitrogens with zero attached hydrogens (tertiary/aromatic N) is 2. The van der Waals surface area contributed by atoms with E-state index in [2.05, 4.69) is 34.4 Å². The predicted octanol–water partition coefficient (Wildman–Crippen LogP) is 0.955. The Morgan fingerprint density at radius 3 is 2.31 bits per heavy atom. The lowest BCUT2D eigenvalue weighted by Gasteiger charge is -2.37. The summed E-state index contributed by atoms with van der Waals surface area (Å²) in [5.74, 6) is 1.36. The number of primary amides is 1. The van der Waals surface area contributed by atoms with Crippen LogP contribution in [-0.2, 0) is 11.3 Å². The molecule has 142 valence electrons. The van der Waals surface area contributed by atoms with E-state index >= 15 is 0 Å². The number of amides is 2. The quantitative estimate of drug-likeness (QED) is 0.538. The summed E-state index contributed by atoms with van der Waals surface area (Å²) in [4.78, 5) is 29.3. The molecule has 1 aromatic carbocycles. The van der Waals surface area contributed by atoms with E-state index in [0.29, 0.717) is 23.9 Å². The molecule has 2 amide bonds. The van der Waals surface area contributed by atoms with Crippen molar-refractivity contribution in [2.24, 2.45) is 22.6 Å². The number of guanidine groups is 1. The van der Waals surface area contributed by atoms with Crippen molar-refractivity contribution in [2.75, 3.05) is 26.7 Å². The van der Waals surface area contributed by atoms with Crippen LogP contribution in [0.5, 0.6) is 0 Å². The summed E-state index contributed by atoms with van der Waals surface area (Å²) >= 11 is 0. The standard InChI is InChI=1S/C19H29N5O2/c1-13-8-14(2)12-24(11-13)19(21-3)23-9-15-4-6-16(7-5-15)18(26)22-10-17(20)25/h4-7,13-14H,8-12H2,1-3H3,(H2,20,25)(H,21,23)(H,22,26). The lowest BCUT2D eigenvalue weighted by Crippen LogP contribution is -2.48. The van der Waals surface area contributed by atoms with E-state index in [1.807, 2.05) is 12.1 Å². The monoisotopic (exact) mass is 359 g/mol. The molecule has 1 saturated heterocycles. The second-order valence-electron chi connectivity index (χ2n) is 7.10. The Balaban J connectivity index is 1.90. The van der Waals surface area contributed by atoms with Gasteiger partial charge >= 0.3 is 0 Å². The van der Waals surface area contributed by atoms with Crippen molar-refractivity contribution in [2.45, 2.75) is 26.8 Å². The molecule has 1 aliphatic rings. The first-order valence-corrected chi connectivity index (χ1v) is 9.00. The Hall–Kier alpha value is -2.57. The van der Waals surface area contributed by atoms with E-state index in [4.69, 9.17) is 5.73 Å². The summed E-state index contributed by atoms with van der Waals surface area (Å²) in [5, 5.41) is 5.87. The number of carbonyl (C=O) groups excluding carboxylic acids is 2. The second-order valence-corrected chi connectivity index (χ2v) is 7.10. The first-order chi connectivity index (χ1) is 12.4. The zero-order valence-electron chi connectivity index (χ0n) is 15.8. The third-order valence-corrected chi connectivity index (χ3v) is 4.47. The molecule has 0 saturated carbocycles. The number of benzene rings is 1. The number of rotatable bonds is 5. The molecule has 7 nitrogen and oxygen atoms in total. The molecular weight excluding hydrogens is 330 g/mol. The maximum absolute atomic E-state index is 11.9. The van der Waals surface area contributed by atoms with Gasteiger partial charge < -0.3 is 21.3 Å². The summed E-state index contributed by atoms with van der Waals surface area (Å²) in [6.45, 7) is 7.06. The molecule has 1 fully saturated rings. The van der Waals surface area contributed by atoms with Crippen LogP contribution in [0.1, 0.15) is 36.2 Å². The van der Waals surface area contributed by atoms with Gasteiger partial charge in [0.2, 0.25) is 5.91 Å². The van der Waals surface area contributed by atoms with Gasteiger partial charge in [0.05, 0.1) is 6.54 Å². The molecule has 0 spiro atoms. The van der Waals surface area contributed by atoms with E-state index in [9.17, 15) is 9.59 Å². The fraction of sp³-hybridized carbons (Fsp3) is 0.526. The highest BCUT2D eigenvalue weighted by Crippen LogP contribution is 2.20. The largest absolute Gasteiger partial charge is 0.368 e. The maximum Gasteiger partial charge on any atom is 0.251 e. The van der Waals surface area contributed by atoms with Gasteiger partial charge in [0.25, 0.3) is 5.91 Å². The molecule has 2 atom stereocenters. The van der Waals surface area contributed by atoms with E-state index < -0.39 is 5.91 Å². The fourth-order valence-electron chi connectivity index (χ4n) is 3.39. The van der Waals surface area contributed by atoms with Crippen molar-refractivity contribution < 1.29 is 9.59 Å². The zero-order valence-corrected chi connectivity index (χ0v) is 15.8. The van der Waals surface area contributed by atoms with Crippen molar-refractivity contribution in [3.05, 3.63) is 35.4 Å². The summed E-state index contributed by atoms with van der Waals surface area (Å²) in [6, 6.07) is 7.25. The summed E-state index contributed by atoms with van der Waals surface area (Å²) < 4.78 is 0. The minimum atomic E-state index is -0.563. The second kappa shape index (κ2) is 9.22. The summed E-state index contributed by atoms with van der Waals surface area (Å²) in [6.07, 6.45) is 1.26. The van der Waals surface area contributed by atoms with Gasteiger partial charge in [-0.05, 0) is 36.0 Å². The van der Waals surface area contributed by atoms with Crippen molar-refractivity contribution in [3.63, 3.8) is 0 Å². The molecule has 7 heteroatoms. The van der Waals surface area contributed by atoms with Crippen molar-refractivity contribution >= 4 is 17.8 Å². The lowest BCUT2D eigenvalue weighted by molar-refractivity contribution is -0.117. The van der Waals surface area contributed by atoms with Gasteiger partial charge in [-0.2, -0.15) is 0 Å². The number of nitrogens with one attached hydrogen (secondary N) is 2. The van der Waals surface area contributed by atoms with Gasteiger partial charge in [-0.1, -0.05) is 26.0 Å². The molecule has 2 rings (SSSR count). The van der Waals surface area contributed by atoms with Crippen LogP contribution in [0.4, 0.5) is 0 Å². The normalized spacial score (nSPS) is 20.6. The van der Waals surface area contributed by atoms with Crippen molar-refractivity contribution in [3.8, 4) is 0 Å². The number of hydrogen-bond acceptors (Lipinski definition) is 3. The van der Waals surface area contributed by atoms with Crippen molar-refractivity contribution in [1.29, 1.82) is 0 Å². The van der Waals surface area contributed by atoms with E-state index in [-0.39, 0.29) is 12.5 Å². The molecular formula is C19H29N5O2. The highest BCUT2D eigenvalue weighted by atomic mass is 16.2. The third kappa shape index (κ3) is 5.75. The van der Waals surface area contributed by atoms with Crippen LogP contribution < -0.4 is 16.4 Å². The molecule has 2 unspecified atom stereocenters. The minimum absolute atomic E-state index is 0.162. The van der Waals surface area contributed by atoms with Gasteiger partial charge in [0.1, 0.15) is 0 Å². The fourth-order valence-corrected chi connectivity index (χ4v) is 3.39. The molecule has 1 heterocycles. The van der Waals surface area contributed by atoms with Gasteiger partial charge in [-0.15, -0.1) is 0 Å². The van der Waals surface area contributed by atoms with Gasteiger partial charge in [-0.3, -0.25) is 14.6 Å². The van der Waals surface area contributed by atoms with E-state index in [0.717, 1.165) is 24.6 Å². The summed E-state index contributed by atoms with van der Waals surface area (Å²) in [5.41, 5.74) is 6.58. The Morgan fingerprint density at radius 2 is 1.77 bits per heavy atom. The van der Waals surface area contributed by atoms with Gasteiger partial charge in [0.15, 0.2) is 5.96 Å². The van der Waals surface area contributed by atoms with Crippen LogP contribution in [0.25, 0.3) is 0 Å². The number of nitrogens with two attached hydrogens (primary N) is 1.